The molecule has 5 heteroatoms. The maximum atomic E-state index is 12.1. The van der Waals surface area contributed by atoms with E-state index in [2.05, 4.69) is 22.9 Å². The van der Waals surface area contributed by atoms with Gasteiger partial charge in [-0.05, 0) is 53.7 Å². The lowest BCUT2D eigenvalue weighted by atomic mass is 9.91. The molecule has 1 saturated heterocycles. The van der Waals surface area contributed by atoms with Gasteiger partial charge >= 0.3 is 0 Å². The average Bonchev–Trinajstić information content (AvgIpc) is 2.75. The highest BCUT2D eigenvalue weighted by Gasteiger charge is 2.24. The lowest BCUT2D eigenvalue weighted by Crippen LogP contribution is -2.43. The lowest BCUT2D eigenvalue weighted by molar-refractivity contribution is -0.131. The van der Waals surface area contributed by atoms with Gasteiger partial charge in [0.05, 0.1) is 10.2 Å². The molecule has 2 heterocycles. The maximum absolute atomic E-state index is 12.1. The van der Waals surface area contributed by atoms with Crippen LogP contribution in [0.4, 0.5) is 0 Å². The predicted molar refractivity (Wildman–Crippen MR) is 78.7 cm³/mol. The second-order valence-corrected chi connectivity index (χ2v) is 7.51. The average molecular weight is 331 g/mol. The van der Waals surface area contributed by atoms with E-state index in [9.17, 15) is 4.79 Å². The van der Waals surface area contributed by atoms with E-state index in [1.165, 1.54) is 0 Å². The van der Waals surface area contributed by atoms with Crippen molar-refractivity contribution in [3.05, 3.63) is 20.8 Å². The monoisotopic (exact) mass is 330 g/mol. The van der Waals surface area contributed by atoms with Crippen molar-refractivity contribution in [2.75, 3.05) is 13.1 Å². The van der Waals surface area contributed by atoms with E-state index in [1.54, 1.807) is 11.3 Å². The predicted octanol–water partition coefficient (Wildman–Crippen LogP) is 2.64. The number of carbonyl (C=O) groups excluding carboxylic acids is 1. The zero-order chi connectivity index (χ0) is 13.1. The molecule has 2 N–H and O–H groups in total. The number of nitrogens with two attached hydrogens (primary N) is 1. The van der Waals surface area contributed by atoms with Crippen molar-refractivity contribution < 1.29 is 4.79 Å². The van der Waals surface area contributed by atoms with Crippen LogP contribution in [0.1, 0.15) is 24.6 Å². The first-order valence-corrected chi connectivity index (χ1v) is 7.95. The van der Waals surface area contributed by atoms with Crippen molar-refractivity contribution in [1.82, 2.24) is 4.90 Å². The number of nitrogens with zero attached hydrogens (tertiary/aromatic N) is 1. The van der Waals surface area contributed by atoms with Crippen LogP contribution in [0.25, 0.3) is 0 Å². The van der Waals surface area contributed by atoms with Crippen LogP contribution in [0.15, 0.2) is 15.9 Å². The van der Waals surface area contributed by atoms with Crippen LogP contribution in [-0.4, -0.2) is 29.9 Å². The molecule has 100 valence electrons. The molecule has 0 bridgehead atoms. The van der Waals surface area contributed by atoms with Crippen molar-refractivity contribution in [3.8, 4) is 0 Å². The van der Waals surface area contributed by atoms with Crippen LogP contribution in [0, 0.1) is 5.92 Å². The third-order valence-electron chi connectivity index (χ3n) is 3.59. The Hall–Kier alpha value is -0.390. The summed E-state index contributed by atoms with van der Waals surface area (Å²) < 4.78 is 1.08. The molecule has 0 saturated carbocycles. The SMILES string of the molecule is CC(N)C1CCN(C(=O)Cc2ccc(Br)s2)CC1. The number of thiophene rings is 1. The van der Waals surface area contributed by atoms with Gasteiger partial charge in [-0.3, -0.25) is 4.79 Å². The van der Waals surface area contributed by atoms with Gasteiger partial charge in [0.15, 0.2) is 0 Å². The van der Waals surface area contributed by atoms with Crippen LogP contribution >= 0.6 is 27.3 Å². The highest BCUT2D eigenvalue weighted by atomic mass is 79.9. The number of halogens is 1. The highest BCUT2D eigenvalue weighted by molar-refractivity contribution is 9.11. The van der Waals surface area contributed by atoms with E-state index in [-0.39, 0.29) is 11.9 Å². The van der Waals surface area contributed by atoms with E-state index in [1.807, 2.05) is 17.0 Å². The van der Waals surface area contributed by atoms with E-state index >= 15 is 0 Å². The summed E-state index contributed by atoms with van der Waals surface area (Å²) in [6, 6.07) is 4.26. The summed E-state index contributed by atoms with van der Waals surface area (Å²) in [5.41, 5.74) is 5.91. The molecule has 0 aliphatic carbocycles. The fourth-order valence-electron chi connectivity index (χ4n) is 2.38. The summed E-state index contributed by atoms with van der Waals surface area (Å²) in [6.45, 7) is 3.78. The molecule has 18 heavy (non-hydrogen) atoms. The Morgan fingerprint density at radius 3 is 2.72 bits per heavy atom. The minimum Gasteiger partial charge on any atom is -0.342 e. The Labute approximate surface area is 120 Å². The molecule has 1 aliphatic heterocycles. The summed E-state index contributed by atoms with van der Waals surface area (Å²) >= 11 is 5.06. The number of hydrogen-bond donors (Lipinski definition) is 1. The van der Waals surface area contributed by atoms with Crippen LogP contribution in [0.5, 0.6) is 0 Å². The smallest absolute Gasteiger partial charge is 0.227 e. The highest BCUT2D eigenvalue weighted by Crippen LogP contribution is 2.24. The summed E-state index contributed by atoms with van der Waals surface area (Å²) in [7, 11) is 0. The third kappa shape index (κ3) is 3.56. The Kier molecular flexibility index (Phi) is 4.81. The first-order valence-electron chi connectivity index (χ1n) is 6.34. The zero-order valence-electron chi connectivity index (χ0n) is 10.6. The molecular weight excluding hydrogens is 312 g/mol. The molecule has 1 aliphatic rings. The van der Waals surface area contributed by atoms with E-state index in [0.29, 0.717) is 12.3 Å². The zero-order valence-corrected chi connectivity index (χ0v) is 13.0. The molecular formula is C13H19BrN2OS. The van der Waals surface area contributed by atoms with Crippen molar-refractivity contribution >= 4 is 33.2 Å². The topological polar surface area (TPSA) is 46.3 Å². The van der Waals surface area contributed by atoms with Gasteiger partial charge < -0.3 is 10.6 Å². The molecule has 1 aromatic rings. The molecule has 0 aromatic carbocycles. The van der Waals surface area contributed by atoms with Crippen LogP contribution < -0.4 is 5.73 Å². The Morgan fingerprint density at radius 2 is 2.22 bits per heavy atom. The third-order valence-corrected chi connectivity index (χ3v) is 5.21. The maximum Gasteiger partial charge on any atom is 0.227 e. The van der Waals surface area contributed by atoms with E-state index in [0.717, 1.165) is 34.6 Å². The molecule has 1 atom stereocenters. The second kappa shape index (κ2) is 6.17. The fourth-order valence-corrected chi connectivity index (χ4v) is 3.86. The van der Waals surface area contributed by atoms with Crippen LogP contribution in [0.3, 0.4) is 0 Å². The summed E-state index contributed by atoms with van der Waals surface area (Å²) in [4.78, 5) is 15.2. The van der Waals surface area contributed by atoms with Crippen LogP contribution in [0.2, 0.25) is 0 Å². The minimum absolute atomic E-state index is 0.243. The molecule has 3 nitrogen and oxygen atoms in total. The van der Waals surface area contributed by atoms with E-state index < -0.39 is 0 Å². The number of amides is 1. The van der Waals surface area contributed by atoms with Crippen molar-refractivity contribution in [2.24, 2.45) is 11.7 Å². The normalized spacial score (nSPS) is 18.9. The molecule has 2 rings (SSSR count). The Morgan fingerprint density at radius 1 is 1.56 bits per heavy atom. The second-order valence-electron chi connectivity index (χ2n) is 4.96. The fraction of sp³-hybridized carbons (Fsp3) is 0.615. The van der Waals surface area contributed by atoms with Gasteiger partial charge in [0.1, 0.15) is 0 Å². The number of hydrogen-bond acceptors (Lipinski definition) is 3. The molecule has 0 spiro atoms. The first kappa shape index (κ1) is 14.0. The molecule has 1 amide bonds. The van der Waals surface area contributed by atoms with Gasteiger partial charge in [-0.25, -0.2) is 0 Å². The number of rotatable bonds is 3. The minimum atomic E-state index is 0.243. The van der Waals surface area contributed by atoms with Gasteiger partial charge in [-0.1, -0.05) is 0 Å². The van der Waals surface area contributed by atoms with Crippen LogP contribution in [-0.2, 0) is 11.2 Å². The van der Waals surface area contributed by atoms with Crippen molar-refractivity contribution in [2.45, 2.75) is 32.2 Å². The molecule has 1 aromatic heterocycles. The molecule has 1 fully saturated rings. The summed E-state index contributed by atoms with van der Waals surface area (Å²) in [5, 5.41) is 0. The van der Waals surface area contributed by atoms with Gasteiger partial charge in [-0.2, -0.15) is 0 Å². The van der Waals surface area contributed by atoms with Gasteiger partial charge in [-0.15, -0.1) is 11.3 Å². The Balaban J connectivity index is 1.84. The number of carbonyl (C=O) groups is 1. The molecule has 1 unspecified atom stereocenters. The van der Waals surface area contributed by atoms with Crippen molar-refractivity contribution in [1.29, 1.82) is 0 Å². The first-order chi connectivity index (χ1) is 8.56. The van der Waals surface area contributed by atoms with E-state index in [4.69, 9.17) is 5.73 Å². The standard InChI is InChI=1S/C13H19BrN2OS/c1-9(15)10-4-6-16(7-5-10)13(17)8-11-2-3-12(14)18-11/h2-3,9-10H,4-8,15H2,1H3. The quantitative estimate of drug-likeness (QED) is 0.926. The lowest BCUT2D eigenvalue weighted by Gasteiger charge is -2.33. The van der Waals surface area contributed by atoms with Gasteiger partial charge in [0, 0.05) is 24.0 Å². The summed E-state index contributed by atoms with van der Waals surface area (Å²) in [5.74, 6) is 0.817. The summed E-state index contributed by atoms with van der Waals surface area (Å²) in [6.07, 6.45) is 2.61. The Bertz CT molecular complexity index is 411. The largest absolute Gasteiger partial charge is 0.342 e. The van der Waals surface area contributed by atoms with Gasteiger partial charge in [0.25, 0.3) is 0 Å². The molecule has 0 radical (unpaired) electrons. The number of likely N-dealkylation sites (tertiary alicyclic amines) is 1. The van der Waals surface area contributed by atoms with Crippen molar-refractivity contribution in [3.63, 3.8) is 0 Å². The van der Waals surface area contributed by atoms with Gasteiger partial charge in [0.2, 0.25) is 5.91 Å². The number of piperidine rings is 1.